The zero-order valence-electron chi connectivity index (χ0n) is 25.5. The maximum absolute atomic E-state index is 13.0. The number of carbonyl (C=O) groups is 1. The van der Waals surface area contributed by atoms with Gasteiger partial charge in [-0.2, -0.15) is 0 Å². The third kappa shape index (κ3) is 8.15. The highest BCUT2D eigenvalue weighted by molar-refractivity contribution is 7.90. The van der Waals surface area contributed by atoms with Crippen LogP contribution in [-0.2, 0) is 20.7 Å². The molecule has 2 N–H and O–H groups in total. The predicted molar refractivity (Wildman–Crippen MR) is 166 cm³/mol. The highest BCUT2D eigenvalue weighted by Crippen LogP contribution is 2.39. The smallest absolute Gasteiger partial charge is 0.255 e. The summed E-state index contributed by atoms with van der Waals surface area (Å²) in [5, 5.41) is 14.8. The number of carbonyl (C=O) groups excluding carboxylic acids is 1. The van der Waals surface area contributed by atoms with Gasteiger partial charge in [0.15, 0.2) is 9.84 Å². The van der Waals surface area contributed by atoms with Crippen molar-refractivity contribution in [3.63, 3.8) is 0 Å². The maximum Gasteiger partial charge on any atom is 0.255 e. The third-order valence-electron chi connectivity index (χ3n) is 8.06. The summed E-state index contributed by atoms with van der Waals surface area (Å²) in [5.41, 5.74) is 2.59. The van der Waals surface area contributed by atoms with Crippen molar-refractivity contribution in [1.82, 2.24) is 5.32 Å². The molecule has 0 saturated carbocycles. The van der Waals surface area contributed by atoms with Gasteiger partial charge in [-0.15, -0.1) is 0 Å². The molecule has 224 valence electrons. The third-order valence-corrected chi connectivity index (χ3v) is 8.96. The molecule has 7 nitrogen and oxygen atoms in total. The second kappa shape index (κ2) is 13.1. The molecule has 0 aliphatic heterocycles. The minimum Gasteiger partial charge on any atom is -0.506 e. The highest BCUT2D eigenvalue weighted by atomic mass is 32.2. The molecule has 1 amide bonds. The molecule has 0 spiro atoms. The van der Waals surface area contributed by atoms with Crippen LogP contribution in [0.1, 0.15) is 82.3 Å². The van der Waals surface area contributed by atoms with E-state index in [9.17, 15) is 18.3 Å². The summed E-state index contributed by atoms with van der Waals surface area (Å²) < 4.78 is 35.0. The number of sulfone groups is 1. The molecule has 3 rings (SSSR count). The molecule has 0 aliphatic carbocycles. The first-order valence-corrected chi connectivity index (χ1v) is 16.4. The van der Waals surface area contributed by atoms with Gasteiger partial charge in [0.25, 0.3) is 5.91 Å². The molecule has 0 bridgehead atoms. The lowest BCUT2D eigenvalue weighted by molar-refractivity contribution is 0.0948. The van der Waals surface area contributed by atoms with Gasteiger partial charge in [0.2, 0.25) is 0 Å². The number of benzene rings is 3. The van der Waals surface area contributed by atoms with Gasteiger partial charge in [-0.25, -0.2) is 8.42 Å². The van der Waals surface area contributed by atoms with E-state index in [4.69, 9.17) is 9.47 Å². The lowest BCUT2D eigenvalue weighted by Crippen LogP contribution is -2.26. The average molecular weight is 584 g/mol. The summed E-state index contributed by atoms with van der Waals surface area (Å²) in [6.45, 7) is 14.1. The Balaban J connectivity index is 1.68. The fraction of sp³-hybridized carbons (Fsp3) is 0.485. The second-order valence-electron chi connectivity index (χ2n) is 11.9. The normalized spacial score (nSPS) is 12.4. The van der Waals surface area contributed by atoms with Crippen LogP contribution in [0.5, 0.6) is 17.2 Å². The van der Waals surface area contributed by atoms with E-state index in [-0.39, 0.29) is 34.5 Å². The number of ether oxygens (including phenoxy) is 2. The van der Waals surface area contributed by atoms with Gasteiger partial charge in [0.1, 0.15) is 23.9 Å². The van der Waals surface area contributed by atoms with Gasteiger partial charge in [0, 0.05) is 29.1 Å². The number of nitrogens with one attached hydrogen (secondary N) is 1. The highest BCUT2D eigenvalue weighted by Gasteiger charge is 2.26. The van der Waals surface area contributed by atoms with E-state index in [1.54, 1.807) is 24.3 Å². The van der Waals surface area contributed by atoms with E-state index < -0.39 is 15.7 Å². The SMILES string of the molecule is CCC(C)(C)c1ccc(OCCCNC(=O)c2cc(OCCS(C)(=O)=O)c3ccccc3c2O)c(C(C)(C)CC)c1. The molecule has 0 fully saturated rings. The molecule has 0 aliphatic rings. The molecule has 0 atom stereocenters. The lowest BCUT2D eigenvalue weighted by atomic mass is 9.76. The first kappa shape index (κ1) is 32.3. The van der Waals surface area contributed by atoms with E-state index >= 15 is 0 Å². The fourth-order valence-corrected chi connectivity index (χ4v) is 4.86. The molecule has 0 radical (unpaired) electrons. The van der Waals surface area contributed by atoms with Crippen molar-refractivity contribution in [1.29, 1.82) is 0 Å². The van der Waals surface area contributed by atoms with Crippen molar-refractivity contribution in [2.45, 2.75) is 71.6 Å². The van der Waals surface area contributed by atoms with E-state index in [1.165, 1.54) is 17.2 Å². The zero-order chi connectivity index (χ0) is 30.4. The van der Waals surface area contributed by atoms with Gasteiger partial charge < -0.3 is 19.9 Å². The van der Waals surface area contributed by atoms with Crippen LogP contribution in [0.3, 0.4) is 0 Å². The molecular weight excluding hydrogens is 538 g/mol. The Hall–Kier alpha value is -3.26. The van der Waals surface area contributed by atoms with Gasteiger partial charge in [0.05, 0.1) is 17.9 Å². The van der Waals surface area contributed by atoms with Crippen LogP contribution in [0.2, 0.25) is 0 Å². The van der Waals surface area contributed by atoms with Crippen molar-refractivity contribution in [2.24, 2.45) is 0 Å². The van der Waals surface area contributed by atoms with Gasteiger partial charge in [-0.05, 0) is 47.8 Å². The lowest BCUT2D eigenvalue weighted by Gasteiger charge is -2.30. The fourth-order valence-electron chi connectivity index (χ4n) is 4.47. The molecule has 3 aromatic carbocycles. The van der Waals surface area contributed by atoms with Crippen LogP contribution in [0.4, 0.5) is 0 Å². The topological polar surface area (TPSA) is 102 Å². The Kier molecular flexibility index (Phi) is 10.3. The van der Waals surface area contributed by atoms with Crippen molar-refractivity contribution in [2.75, 3.05) is 31.8 Å². The standard InChI is InChI=1S/C33H45NO6S/c1-8-32(3,4)23-15-16-28(27(21-23)33(5,6)9-2)39-18-12-17-34-31(36)26-22-29(40-19-20-41(7,37)38)24-13-10-11-14-25(24)30(26)35/h10-11,13-16,21-22,35H,8-9,12,17-20H2,1-7H3,(H,34,36). The van der Waals surface area contributed by atoms with Gasteiger partial charge in [-0.3, -0.25) is 4.79 Å². The van der Waals surface area contributed by atoms with Crippen LogP contribution in [0.15, 0.2) is 48.5 Å². The van der Waals surface area contributed by atoms with Crippen molar-refractivity contribution in [3.05, 3.63) is 65.2 Å². The summed E-state index contributed by atoms with van der Waals surface area (Å²) in [6, 6.07) is 15.0. The maximum atomic E-state index is 13.0. The molecule has 0 saturated heterocycles. The Morgan fingerprint density at radius 1 is 0.878 bits per heavy atom. The van der Waals surface area contributed by atoms with Crippen LogP contribution in [0, 0.1) is 0 Å². The number of phenolic OH excluding ortho intramolecular Hbond substituents is 1. The van der Waals surface area contributed by atoms with Crippen molar-refractivity contribution >= 4 is 26.5 Å². The number of hydrogen-bond acceptors (Lipinski definition) is 6. The second-order valence-corrected chi connectivity index (χ2v) is 14.2. The summed E-state index contributed by atoms with van der Waals surface area (Å²) in [5.74, 6) is 0.463. The minimum atomic E-state index is -3.21. The largest absolute Gasteiger partial charge is 0.506 e. The van der Waals surface area contributed by atoms with E-state index in [1.807, 2.05) is 0 Å². The van der Waals surface area contributed by atoms with Gasteiger partial charge >= 0.3 is 0 Å². The first-order chi connectivity index (χ1) is 19.2. The quantitative estimate of drug-likeness (QED) is 0.209. The predicted octanol–water partition coefficient (Wildman–Crippen LogP) is 6.54. The van der Waals surface area contributed by atoms with Crippen LogP contribution >= 0.6 is 0 Å². The number of phenols is 1. The van der Waals surface area contributed by atoms with Crippen LogP contribution in [0.25, 0.3) is 10.8 Å². The molecular formula is C33H45NO6S. The Morgan fingerprint density at radius 3 is 2.15 bits per heavy atom. The van der Waals surface area contributed by atoms with Crippen LogP contribution in [-0.4, -0.2) is 51.2 Å². The number of amides is 1. The number of aromatic hydroxyl groups is 1. The summed E-state index contributed by atoms with van der Waals surface area (Å²) in [6.07, 6.45) is 3.73. The van der Waals surface area contributed by atoms with E-state index in [0.717, 1.165) is 24.8 Å². The Morgan fingerprint density at radius 2 is 1.51 bits per heavy atom. The number of rotatable bonds is 14. The molecule has 0 unspecified atom stereocenters. The molecule has 8 heteroatoms. The summed E-state index contributed by atoms with van der Waals surface area (Å²) >= 11 is 0. The monoisotopic (exact) mass is 583 g/mol. The average Bonchev–Trinajstić information content (AvgIpc) is 2.93. The summed E-state index contributed by atoms with van der Waals surface area (Å²) in [4.78, 5) is 13.0. The molecule has 3 aromatic rings. The van der Waals surface area contributed by atoms with Crippen molar-refractivity contribution in [3.8, 4) is 17.2 Å². The van der Waals surface area contributed by atoms with Crippen molar-refractivity contribution < 1.29 is 27.8 Å². The van der Waals surface area contributed by atoms with E-state index in [2.05, 4.69) is 65.1 Å². The molecule has 0 aromatic heterocycles. The molecule has 41 heavy (non-hydrogen) atoms. The Bertz CT molecular complexity index is 1480. The van der Waals surface area contributed by atoms with Crippen LogP contribution < -0.4 is 14.8 Å². The van der Waals surface area contributed by atoms with Gasteiger partial charge in [-0.1, -0.05) is 77.9 Å². The molecule has 0 heterocycles. The Labute approximate surface area is 245 Å². The zero-order valence-corrected chi connectivity index (χ0v) is 26.3. The first-order valence-electron chi connectivity index (χ1n) is 14.3. The van der Waals surface area contributed by atoms with E-state index in [0.29, 0.717) is 36.1 Å². The number of fused-ring (bicyclic) bond motifs is 1. The minimum absolute atomic E-state index is 0.0436. The number of hydrogen-bond donors (Lipinski definition) is 2. The summed E-state index contributed by atoms with van der Waals surface area (Å²) in [7, 11) is -3.21.